The Kier molecular flexibility index (Phi) is 5.47. The molecule has 1 fully saturated rings. The lowest BCUT2D eigenvalue weighted by atomic mass is 10.1. The van der Waals surface area contributed by atoms with Crippen LogP contribution in [0.5, 0.6) is 0 Å². The normalized spacial score (nSPS) is 15.4. The van der Waals surface area contributed by atoms with Gasteiger partial charge in [-0.1, -0.05) is 13.8 Å². The van der Waals surface area contributed by atoms with Crippen molar-refractivity contribution in [1.29, 1.82) is 0 Å². The van der Waals surface area contributed by atoms with Crippen LogP contribution in [0.2, 0.25) is 0 Å². The minimum Gasteiger partial charge on any atom is -0.380 e. The van der Waals surface area contributed by atoms with Crippen LogP contribution in [0.4, 0.5) is 4.79 Å². The second-order valence-electron chi connectivity index (χ2n) is 4.47. The van der Waals surface area contributed by atoms with E-state index >= 15 is 0 Å². The predicted octanol–water partition coefficient (Wildman–Crippen LogP) is 1.51. The molecule has 1 aliphatic rings. The maximum atomic E-state index is 11.2. The van der Waals surface area contributed by atoms with Crippen LogP contribution in [0, 0.1) is 5.92 Å². The zero-order chi connectivity index (χ0) is 11.1. The van der Waals surface area contributed by atoms with Crippen LogP contribution in [0.3, 0.4) is 0 Å². The van der Waals surface area contributed by atoms with Gasteiger partial charge in [-0.15, -0.1) is 0 Å². The van der Waals surface area contributed by atoms with E-state index in [-0.39, 0.29) is 6.03 Å². The Morgan fingerprint density at radius 2 is 2.13 bits per heavy atom. The maximum Gasteiger partial charge on any atom is 0.315 e. The molecule has 1 saturated carbocycles. The topological polar surface area (TPSA) is 50.4 Å². The summed E-state index contributed by atoms with van der Waals surface area (Å²) in [5.74, 6) is 0.677. The average molecular weight is 214 g/mol. The summed E-state index contributed by atoms with van der Waals surface area (Å²) in [4.78, 5) is 11.2. The average Bonchev–Trinajstić information content (AvgIpc) is 2.94. The van der Waals surface area contributed by atoms with Crippen LogP contribution in [0.15, 0.2) is 0 Å². The molecule has 0 aromatic rings. The van der Waals surface area contributed by atoms with Crippen molar-refractivity contribution in [2.24, 2.45) is 5.92 Å². The Morgan fingerprint density at radius 1 is 1.40 bits per heavy atom. The number of ether oxygens (including phenoxy) is 1. The molecule has 0 heterocycles. The summed E-state index contributed by atoms with van der Waals surface area (Å²) in [5.41, 5.74) is 0. The monoisotopic (exact) mass is 214 g/mol. The van der Waals surface area contributed by atoms with Crippen LogP contribution in [-0.2, 0) is 4.74 Å². The van der Waals surface area contributed by atoms with Crippen molar-refractivity contribution in [1.82, 2.24) is 10.6 Å². The van der Waals surface area contributed by atoms with Gasteiger partial charge in [0.2, 0.25) is 0 Å². The Morgan fingerprint density at radius 3 is 2.73 bits per heavy atom. The van der Waals surface area contributed by atoms with E-state index in [9.17, 15) is 4.79 Å². The van der Waals surface area contributed by atoms with Gasteiger partial charge in [-0.2, -0.15) is 0 Å². The van der Waals surface area contributed by atoms with Gasteiger partial charge in [-0.25, -0.2) is 4.79 Å². The first-order chi connectivity index (χ1) is 7.18. The Hall–Kier alpha value is -0.770. The number of urea groups is 1. The Balaban J connectivity index is 1.81. The third-order valence-electron chi connectivity index (χ3n) is 2.28. The van der Waals surface area contributed by atoms with Crippen molar-refractivity contribution >= 4 is 6.03 Å². The Labute approximate surface area is 91.8 Å². The minimum atomic E-state index is -0.0649. The molecule has 4 nitrogen and oxygen atoms in total. The van der Waals surface area contributed by atoms with E-state index in [0.29, 0.717) is 25.1 Å². The van der Waals surface area contributed by atoms with Gasteiger partial charge in [0.1, 0.15) is 0 Å². The highest BCUT2D eigenvalue weighted by molar-refractivity contribution is 5.74. The van der Waals surface area contributed by atoms with Crippen molar-refractivity contribution in [3.05, 3.63) is 0 Å². The molecule has 0 atom stereocenters. The first-order valence-electron chi connectivity index (χ1n) is 5.80. The lowest BCUT2D eigenvalue weighted by Crippen LogP contribution is -2.38. The van der Waals surface area contributed by atoms with Crippen LogP contribution in [0.1, 0.15) is 33.1 Å². The standard InChI is InChI=1S/C11H22N2O2/c1-9(2)5-7-15-8-6-12-11(14)13-10-3-4-10/h9-10H,3-8H2,1-2H3,(H2,12,13,14). The van der Waals surface area contributed by atoms with E-state index in [1.807, 2.05) is 0 Å². The van der Waals surface area contributed by atoms with Gasteiger partial charge in [-0.3, -0.25) is 0 Å². The molecule has 4 heteroatoms. The third kappa shape index (κ3) is 7.19. The fourth-order valence-electron chi connectivity index (χ4n) is 1.12. The molecule has 0 aromatic carbocycles. The van der Waals surface area contributed by atoms with Gasteiger partial charge >= 0.3 is 6.03 Å². The zero-order valence-electron chi connectivity index (χ0n) is 9.71. The summed E-state index contributed by atoms with van der Waals surface area (Å²) in [7, 11) is 0. The molecule has 0 spiro atoms. The van der Waals surface area contributed by atoms with Crippen LogP contribution >= 0.6 is 0 Å². The lowest BCUT2D eigenvalue weighted by molar-refractivity contribution is 0.126. The molecule has 0 radical (unpaired) electrons. The zero-order valence-corrected chi connectivity index (χ0v) is 9.71. The van der Waals surface area contributed by atoms with Crippen molar-refractivity contribution in [3.63, 3.8) is 0 Å². The molecule has 0 aliphatic heterocycles. The quantitative estimate of drug-likeness (QED) is 0.631. The van der Waals surface area contributed by atoms with E-state index in [4.69, 9.17) is 4.74 Å². The van der Waals surface area contributed by atoms with Gasteiger partial charge in [0, 0.05) is 19.2 Å². The molecule has 0 saturated heterocycles. The fourth-order valence-corrected chi connectivity index (χ4v) is 1.12. The van der Waals surface area contributed by atoms with Crippen molar-refractivity contribution in [2.45, 2.75) is 39.2 Å². The number of nitrogens with one attached hydrogen (secondary N) is 2. The molecule has 0 aromatic heterocycles. The van der Waals surface area contributed by atoms with E-state index in [0.717, 1.165) is 25.9 Å². The molecule has 15 heavy (non-hydrogen) atoms. The minimum absolute atomic E-state index is 0.0649. The van der Waals surface area contributed by atoms with Crippen molar-refractivity contribution in [2.75, 3.05) is 19.8 Å². The highest BCUT2D eigenvalue weighted by Crippen LogP contribution is 2.18. The van der Waals surface area contributed by atoms with E-state index < -0.39 is 0 Å². The molecule has 0 bridgehead atoms. The summed E-state index contributed by atoms with van der Waals surface area (Å²) in [6.07, 6.45) is 3.32. The summed E-state index contributed by atoms with van der Waals surface area (Å²) < 4.78 is 5.37. The largest absolute Gasteiger partial charge is 0.380 e. The van der Waals surface area contributed by atoms with Crippen LogP contribution in [-0.4, -0.2) is 31.8 Å². The first-order valence-corrected chi connectivity index (χ1v) is 5.80. The van der Waals surface area contributed by atoms with E-state index in [1.165, 1.54) is 0 Å². The van der Waals surface area contributed by atoms with E-state index in [2.05, 4.69) is 24.5 Å². The summed E-state index contributed by atoms with van der Waals surface area (Å²) in [6.45, 7) is 6.32. The molecule has 1 rings (SSSR count). The number of carbonyl (C=O) groups excluding carboxylic acids is 1. The van der Waals surface area contributed by atoms with Gasteiger partial charge in [-0.05, 0) is 25.2 Å². The molecule has 2 amide bonds. The smallest absolute Gasteiger partial charge is 0.315 e. The maximum absolute atomic E-state index is 11.2. The molecule has 2 N–H and O–H groups in total. The predicted molar refractivity (Wildman–Crippen MR) is 59.8 cm³/mol. The molecule has 1 aliphatic carbocycles. The first kappa shape index (κ1) is 12.3. The van der Waals surface area contributed by atoms with Crippen LogP contribution < -0.4 is 10.6 Å². The molecular formula is C11H22N2O2. The SMILES string of the molecule is CC(C)CCOCCNC(=O)NC1CC1. The van der Waals surface area contributed by atoms with Crippen LogP contribution in [0.25, 0.3) is 0 Å². The van der Waals surface area contributed by atoms with Gasteiger partial charge < -0.3 is 15.4 Å². The van der Waals surface area contributed by atoms with Gasteiger partial charge in [0.15, 0.2) is 0 Å². The highest BCUT2D eigenvalue weighted by Gasteiger charge is 2.22. The molecule has 88 valence electrons. The molecular weight excluding hydrogens is 192 g/mol. The lowest BCUT2D eigenvalue weighted by Gasteiger charge is -2.08. The van der Waals surface area contributed by atoms with Gasteiger partial charge in [0.25, 0.3) is 0 Å². The third-order valence-corrected chi connectivity index (χ3v) is 2.28. The molecule has 0 unspecified atom stereocenters. The number of hydrogen-bond donors (Lipinski definition) is 2. The number of rotatable bonds is 7. The highest BCUT2D eigenvalue weighted by atomic mass is 16.5. The second kappa shape index (κ2) is 6.67. The van der Waals surface area contributed by atoms with Crippen molar-refractivity contribution in [3.8, 4) is 0 Å². The second-order valence-corrected chi connectivity index (χ2v) is 4.47. The fraction of sp³-hybridized carbons (Fsp3) is 0.909. The van der Waals surface area contributed by atoms with Gasteiger partial charge in [0.05, 0.1) is 6.61 Å². The summed E-state index contributed by atoms with van der Waals surface area (Å²) in [6, 6.07) is 0.358. The Bertz CT molecular complexity index is 191. The summed E-state index contributed by atoms with van der Waals surface area (Å²) >= 11 is 0. The van der Waals surface area contributed by atoms with Crippen molar-refractivity contribution < 1.29 is 9.53 Å². The number of hydrogen-bond acceptors (Lipinski definition) is 2. The van der Waals surface area contributed by atoms with E-state index in [1.54, 1.807) is 0 Å². The summed E-state index contributed by atoms with van der Waals surface area (Å²) in [5, 5.41) is 5.62. The number of amides is 2. The number of carbonyl (C=O) groups is 1.